The summed E-state index contributed by atoms with van der Waals surface area (Å²) in [6.45, 7) is 3.62. The third kappa shape index (κ3) is 2.77. The molecule has 0 bridgehead atoms. The Morgan fingerprint density at radius 2 is 2.29 bits per heavy atom. The van der Waals surface area contributed by atoms with E-state index in [0.29, 0.717) is 37.3 Å². The van der Waals surface area contributed by atoms with Crippen LogP contribution in [0.25, 0.3) is 11.0 Å². The number of aryl methyl sites for hydroxylation is 1. The molecule has 1 N–H and O–H groups in total. The molecule has 2 aromatic rings. The van der Waals surface area contributed by atoms with Crippen LogP contribution < -0.4 is 5.32 Å². The Morgan fingerprint density at radius 3 is 3.00 bits per heavy atom. The molecule has 1 aromatic carbocycles. The monoisotopic (exact) mass is 293 g/mol. The van der Waals surface area contributed by atoms with Crippen LogP contribution in [-0.4, -0.2) is 38.4 Å². The molecule has 3 rings (SSSR count). The number of halogens is 1. The number of carbonyl (C=O) groups excluding carboxylic acids is 1. The summed E-state index contributed by atoms with van der Waals surface area (Å²) in [6, 6.07) is 4.63. The van der Waals surface area contributed by atoms with E-state index in [-0.39, 0.29) is 23.4 Å². The Labute approximate surface area is 121 Å². The third-order valence-electron chi connectivity index (χ3n) is 3.50. The van der Waals surface area contributed by atoms with Crippen molar-refractivity contribution in [2.75, 3.05) is 26.4 Å². The number of hydrogen-bond donors (Lipinski definition) is 1. The fraction of sp³-hybridized carbons (Fsp3) is 0.400. The van der Waals surface area contributed by atoms with Crippen molar-refractivity contribution in [1.82, 2.24) is 5.32 Å². The second kappa shape index (κ2) is 5.83. The van der Waals surface area contributed by atoms with Gasteiger partial charge >= 0.3 is 0 Å². The van der Waals surface area contributed by atoms with Gasteiger partial charge in [0.1, 0.15) is 0 Å². The van der Waals surface area contributed by atoms with E-state index >= 15 is 0 Å². The second-order valence-electron chi connectivity index (χ2n) is 4.95. The number of amides is 1. The molecular formula is C15H16FNO4. The van der Waals surface area contributed by atoms with Gasteiger partial charge in [0.2, 0.25) is 0 Å². The highest BCUT2D eigenvalue weighted by atomic mass is 19.1. The van der Waals surface area contributed by atoms with Crippen molar-refractivity contribution in [3.63, 3.8) is 0 Å². The molecule has 0 saturated carbocycles. The first-order valence-corrected chi connectivity index (χ1v) is 6.82. The van der Waals surface area contributed by atoms with E-state index in [2.05, 4.69) is 5.32 Å². The molecule has 1 aromatic heterocycles. The molecule has 1 saturated heterocycles. The van der Waals surface area contributed by atoms with Crippen molar-refractivity contribution in [2.45, 2.75) is 13.0 Å². The van der Waals surface area contributed by atoms with Crippen LogP contribution >= 0.6 is 0 Å². The SMILES string of the molecule is Cc1c(C(=O)NC[C@H]2COCCO2)oc2c(F)cccc12. The summed E-state index contributed by atoms with van der Waals surface area (Å²) in [5.41, 5.74) is 0.736. The lowest BCUT2D eigenvalue weighted by atomic mass is 10.1. The summed E-state index contributed by atoms with van der Waals surface area (Å²) < 4.78 is 29.7. The van der Waals surface area contributed by atoms with Crippen molar-refractivity contribution in [3.05, 3.63) is 35.3 Å². The fourth-order valence-electron chi connectivity index (χ4n) is 2.37. The maximum absolute atomic E-state index is 13.7. The van der Waals surface area contributed by atoms with Gasteiger partial charge in [0, 0.05) is 17.5 Å². The molecule has 1 aliphatic rings. The Balaban J connectivity index is 1.75. The van der Waals surface area contributed by atoms with Crippen LogP contribution in [0.5, 0.6) is 0 Å². The molecule has 112 valence electrons. The zero-order chi connectivity index (χ0) is 14.8. The van der Waals surface area contributed by atoms with E-state index in [1.165, 1.54) is 6.07 Å². The molecule has 1 fully saturated rings. The van der Waals surface area contributed by atoms with Gasteiger partial charge in [-0.05, 0) is 13.0 Å². The van der Waals surface area contributed by atoms with Crippen molar-refractivity contribution >= 4 is 16.9 Å². The zero-order valence-electron chi connectivity index (χ0n) is 11.6. The van der Waals surface area contributed by atoms with E-state index in [1.807, 2.05) is 0 Å². The lowest BCUT2D eigenvalue weighted by Crippen LogP contribution is -2.39. The topological polar surface area (TPSA) is 60.7 Å². The van der Waals surface area contributed by atoms with Gasteiger partial charge in [0.15, 0.2) is 17.2 Å². The molecule has 5 nitrogen and oxygen atoms in total. The minimum Gasteiger partial charge on any atom is -0.448 e. The fourth-order valence-corrected chi connectivity index (χ4v) is 2.37. The Hall–Kier alpha value is -1.92. The minimum atomic E-state index is -0.473. The summed E-state index contributed by atoms with van der Waals surface area (Å²) in [4.78, 5) is 12.2. The molecule has 1 aliphatic heterocycles. The molecule has 0 aliphatic carbocycles. The van der Waals surface area contributed by atoms with Gasteiger partial charge < -0.3 is 19.2 Å². The summed E-state index contributed by atoms with van der Waals surface area (Å²) in [7, 11) is 0. The van der Waals surface area contributed by atoms with Crippen molar-refractivity contribution in [3.8, 4) is 0 Å². The maximum atomic E-state index is 13.7. The van der Waals surface area contributed by atoms with Gasteiger partial charge in [-0.2, -0.15) is 0 Å². The van der Waals surface area contributed by atoms with Crippen LogP contribution in [-0.2, 0) is 9.47 Å². The average Bonchev–Trinajstić information content (AvgIpc) is 2.85. The number of ether oxygens (including phenoxy) is 2. The molecular weight excluding hydrogens is 277 g/mol. The van der Waals surface area contributed by atoms with Gasteiger partial charge in [0.25, 0.3) is 5.91 Å². The van der Waals surface area contributed by atoms with Crippen LogP contribution in [0, 0.1) is 12.7 Å². The van der Waals surface area contributed by atoms with Crippen LogP contribution in [0.1, 0.15) is 16.1 Å². The average molecular weight is 293 g/mol. The summed E-state index contributed by atoms with van der Waals surface area (Å²) >= 11 is 0. The van der Waals surface area contributed by atoms with Crippen molar-refractivity contribution < 1.29 is 23.1 Å². The predicted molar refractivity (Wildman–Crippen MR) is 73.8 cm³/mol. The Kier molecular flexibility index (Phi) is 3.90. The Bertz CT molecular complexity index is 661. The van der Waals surface area contributed by atoms with Gasteiger partial charge in [-0.1, -0.05) is 12.1 Å². The molecule has 0 unspecified atom stereocenters. The number of carbonyl (C=O) groups is 1. The van der Waals surface area contributed by atoms with Crippen LogP contribution in [0.15, 0.2) is 22.6 Å². The number of nitrogens with one attached hydrogen (secondary N) is 1. The van der Waals surface area contributed by atoms with E-state index in [1.54, 1.807) is 19.1 Å². The van der Waals surface area contributed by atoms with Gasteiger partial charge in [-0.25, -0.2) is 4.39 Å². The molecule has 1 atom stereocenters. The first-order valence-electron chi connectivity index (χ1n) is 6.82. The lowest BCUT2D eigenvalue weighted by Gasteiger charge is -2.22. The molecule has 2 heterocycles. The summed E-state index contributed by atoms with van der Waals surface area (Å²) in [5, 5.41) is 3.34. The highest BCUT2D eigenvalue weighted by Crippen LogP contribution is 2.27. The van der Waals surface area contributed by atoms with E-state index in [9.17, 15) is 9.18 Å². The largest absolute Gasteiger partial charge is 0.448 e. The van der Waals surface area contributed by atoms with E-state index in [4.69, 9.17) is 13.9 Å². The molecule has 1 amide bonds. The number of benzene rings is 1. The maximum Gasteiger partial charge on any atom is 0.287 e. The van der Waals surface area contributed by atoms with Gasteiger partial charge in [-0.15, -0.1) is 0 Å². The number of fused-ring (bicyclic) bond motifs is 1. The Morgan fingerprint density at radius 1 is 1.43 bits per heavy atom. The highest BCUT2D eigenvalue weighted by molar-refractivity contribution is 5.99. The lowest BCUT2D eigenvalue weighted by molar-refractivity contribution is -0.0856. The number of hydrogen-bond acceptors (Lipinski definition) is 4. The number of para-hydroxylation sites is 1. The summed E-state index contributed by atoms with van der Waals surface area (Å²) in [6.07, 6.45) is -0.163. The van der Waals surface area contributed by atoms with Crippen LogP contribution in [0.3, 0.4) is 0 Å². The predicted octanol–water partition coefficient (Wildman–Crippen LogP) is 2.03. The van der Waals surface area contributed by atoms with Crippen LogP contribution in [0.4, 0.5) is 4.39 Å². The highest BCUT2D eigenvalue weighted by Gasteiger charge is 2.21. The molecule has 0 spiro atoms. The number of rotatable bonds is 3. The molecule has 0 radical (unpaired) electrons. The van der Waals surface area contributed by atoms with E-state index in [0.717, 1.165) is 0 Å². The van der Waals surface area contributed by atoms with Gasteiger partial charge in [0.05, 0.1) is 25.9 Å². The first kappa shape index (κ1) is 14.0. The quantitative estimate of drug-likeness (QED) is 0.940. The minimum absolute atomic E-state index is 0.109. The summed E-state index contributed by atoms with van der Waals surface area (Å²) in [5.74, 6) is -0.720. The third-order valence-corrected chi connectivity index (χ3v) is 3.50. The number of furan rings is 1. The normalized spacial score (nSPS) is 18.9. The first-order chi connectivity index (χ1) is 10.2. The molecule has 21 heavy (non-hydrogen) atoms. The second-order valence-corrected chi connectivity index (χ2v) is 4.95. The standard InChI is InChI=1S/C15H16FNO4/c1-9-11-3-2-4-12(16)14(11)21-13(9)15(18)17-7-10-8-19-5-6-20-10/h2-4,10H,5-8H2,1H3,(H,17,18)/t10-/m0/s1. The van der Waals surface area contributed by atoms with Crippen molar-refractivity contribution in [1.29, 1.82) is 0 Å². The van der Waals surface area contributed by atoms with E-state index < -0.39 is 5.82 Å². The molecule has 6 heteroatoms. The van der Waals surface area contributed by atoms with Crippen molar-refractivity contribution in [2.24, 2.45) is 0 Å². The smallest absolute Gasteiger partial charge is 0.287 e. The van der Waals surface area contributed by atoms with Crippen LogP contribution in [0.2, 0.25) is 0 Å². The van der Waals surface area contributed by atoms with Gasteiger partial charge in [-0.3, -0.25) is 4.79 Å². The zero-order valence-corrected chi connectivity index (χ0v) is 11.6.